The van der Waals surface area contributed by atoms with Gasteiger partial charge >= 0.3 is 5.97 Å². The number of rotatable bonds is 5. The van der Waals surface area contributed by atoms with E-state index < -0.39 is 33.4 Å². The van der Waals surface area contributed by atoms with Crippen LogP contribution in [0.4, 0.5) is 0 Å². The number of hydrogen-bond donors (Lipinski definition) is 2. The quantitative estimate of drug-likeness (QED) is 0.824. The lowest BCUT2D eigenvalue weighted by Gasteiger charge is -2.10. The normalized spacial score (nSPS) is 12.9. The highest BCUT2D eigenvalue weighted by molar-refractivity contribution is 9.10. The van der Waals surface area contributed by atoms with Crippen molar-refractivity contribution in [2.24, 2.45) is 11.7 Å². The third-order valence-electron chi connectivity index (χ3n) is 2.47. The van der Waals surface area contributed by atoms with Crippen molar-refractivity contribution in [3.8, 4) is 0 Å². The van der Waals surface area contributed by atoms with Crippen LogP contribution >= 0.6 is 15.9 Å². The number of carbonyl (C=O) groups excluding carboxylic acids is 1. The molecule has 3 N–H and O–H groups in total. The topological polar surface area (TPSA) is 115 Å². The maximum absolute atomic E-state index is 12.1. The number of carboxylic acid groups (broad SMARTS) is 1. The fraction of sp³-hybridized carbons (Fsp3) is 0.273. The average molecular weight is 350 g/mol. The molecule has 0 aromatic heterocycles. The second kappa shape index (κ2) is 5.70. The van der Waals surface area contributed by atoms with E-state index >= 15 is 0 Å². The number of hydrogen-bond acceptors (Lipinski definition) is 4. The second-order valence-corrected chi connectivity index (χ2v) is 6.89. The first kappa shape index (κ1) is 15.6. The molecule has 1 rings (SSSR count). The van der Waals surface area contributed by atoms with E-state index in [-0.39, 0.29) is 14.9 Å². The highest BCUT2D eigenvalue weighted by atomic mass is 79.9. The summed E-state index contributed by atoms with van der Waals surface area (Å²) in [4.78, 5) is 21.6. The number of benzene rings is 1. The number of aromatic carboxylic acids is 1. The molecule has 0 heterocycles. The van der Waals surface area contributed by atoms with E-state index in [1.165, 1.54) is 19.1 Å². The Labute approximate surface area is 118 Å². The van der Waals surface area contributed by atoms with Crippen molar-refractivity contribution >= 4 is 37.6 Å². The van der Waals surface area contributed by atoms with E-state index in [1.807, 2.05) is 0 Å². The van der Waals surface area contributed by atoms with Gasteiger partial charge in [0.15, 0.2) is 9.84 Å². The summed E-state index contributed by atoms with van der Waals surface area (Å²) in [5.41, 5.74) is 4.88. The molecule has 19 heavy (non-hydrogen) atoms. The zero-order chi connectivity index (χ0) is 14.8. The number of amides is 1. The van der Waals surface area contributed by atoms with E-state index in [4.69, 9.17) is 10.8 Å². The average Bonchev–Trinajstić information content (AvgIpc) is 2.28. The summed E-state index contributed by atoms with van der Waals surface area (Å²) >= 11 is 3.05. The Balaban J connectivity index is 3.24. The second-order valence-electron chi connectivity index (χ2n) is 4.04. The maximum Gasteiger partial charge on any atom is 0.335 e. The molecule has 1 aromatic rings. The van der Waals surface area contributed by atoms with Crippen LogP contribution in [0, 0.1) is 5.92 Å². The lowest BCUT2D eigenvalue weighted by Crippen LogP contribution is -2.27. The third-order valence-corrected chi connectivity index (χ3v) is 5.37. The van der Waals surface area contributed by atoms with Crippen LogP contribution in [0.25, 0.3) is 0 Å². The predicted octanol–water partition coefficient (Wildman–Crippen LogP) is 1.04. The first-order chi connectivity index (χ1) is 8.65. The van der Waals surface area contributed by atoms with Gasteiger partial charge in [-0.25, -0.2) is 13.2 Å². The molecule has 1 unspecified atom stereocenters. The van der Waals surface area contributed by atoms with Crippen LogP contribution in [-0.2, 0) is 14.6 Å². The van der Waals surface area contributed by atoms with Crippen molar-refractivity contribution in [1.29, 1.82) is 0 Å². The number of carboxylic acids is 1. The van der Waals surface area contributed by atoms with Crippen LogP contribution in [0.2, 0.25) is 0 Å². The standard InChI is InChI=1S/C11H12BrNO5S/c1-6(10(13)14)5-19(17,18)9-4-7(11(15)16)2-3-8(9)12/h2-4,6H,5H2,1H3,(H2,13,14)(H,15,16). The van der Waals surface area contributed by atoms with Gasteiger partial charge in [-0.2, -0.15) is 0 Å². The fourth-order valence-corrected chi connectivity index (χ4v) is 4.04. The molecule has 0 saturated heterocycles. The molecular formula is C11H12BrNO5S. The highest BCUT2D eigenvalue weighted by Gasteiger charge is 2.24. The Morgan fingerprint density at radius 3 is 2.47 bits per heavy atom. The Bertz CT molecular complexity index is 626. The molecule has 0 saturated carbocycles. The van der Waals surface area contributed by atoms with Gasteiger partial charge in [0.05, 0.1) is 16.2 Å². The van der Waals surface area contributed by atoms with Crippen LogP contribution in [0.5, 0.6) is 0 Å². The van der Waals surface area contributed by atoms with Gasteiger partial charge in [-0.3, -0.25) is 4.79 Å². The molecule has 1 aromatic carbocycles. The molecule has 1 atom stereocenters. The minimum absolute atomic E-state index is 0.145. The van der Waals surface area contributed by atoms with Crippen molar-refractivity contribution in [2.45, 2.75) is 11.8 Å². The molecule has 0 radical (unpaired) electrons. The molecule has 0 aliphatic heterocycles. The summed E-state index contributed by atoms with van der Waals surface area (Å²) < 4.78 is 24.5. The molecule has 6 nitrogen and oxygen atoms in total. The van der Waals surface area contributed by atoms with E-state index in [2.05, 4.69) is 15.9 Å². The van der Waals surface area contributed by atoms with Crippen LogP contribution in [-0.4, -0.2) is 31.2 Å². The lowest BCUT2D eigenvalue weighted by atomic mass is 10.2. The fourth-order valence-electron chi connectivity index (χ4n) is 1.38. The van der Waals surface area contributed by atoms with Crippen LogP contribution in [0.1, 0.15) is 17.3 Å². The summed E-state index contributed by atoms with van der Waals surface area (Å²) in [5, 5.41) is 8.85. The molecule has 0 fully saturated rings. The van der Waals surface area contributed by atoms with Gasteiger partial charge < -0.3 is 10.8 Å². The Kier molecular flexibility index (Phi) is 4.70. The van der Waals surface area contributed by atoms with Crippen LogP contribution in [0.3, 0.4) is 0 Å². The van der Waals surface area contributed by atoms with Crippen molar-refractivity contribution in [3.63, 3.8) is 0 Å². The third kappa shape index (κ3) is 3.77. The number of sulfone groups is 1. The minimum atomic E-state index is -3.80. The summed E-state index contributed by atoms with van der Waals surface area (Å²) in [6.07, 6.45) is 0. The largest absolute Gasteiger partial charge is 0.478 e. The van der Waals surface area contributed by atoms with Gasteiger partial charge in [-0.1, -0.05) is 6.92 Å². The molecule has 8 heteroatoms. The highest BCUT2D eigenvalue weighted by Crippen LogP contribution is 2.25. The summed E-state index contributed by atoms with van der Waals surface area (Å²) in [7, 11) is -3.80. The molecule has 0 bridgehead atoms. The van der Waals surface area contributed by atoms with Crippen LogP contribution < -0.4 is 5.73 Å². The zero-order valence-electron chi connectivity index (χ0n) is 9.96. The summed E-state index contributed by atoms with van der Waals surface area (Å²) in [6, 6.07) is 3.67. The Hall–Kier alpha value is -1.41. The SMILES string of the molecule is CC(CS(=O)(=O)c1cc(C(=O)O)ccc1Br)C(N)=O. The number of nitrogens with two attached hydrogens (primary N) is 1. The van der Waals surface area contributed by atoms with E-state index in [9.17, 15) is 18.0 Å². The first-order valence-corrected chi connectivity index (χ1v) is 7.64. The van der Waals surface area contributed by atoms with Crippen molar-refractivity contribution < 1.29 is 23.1 Å². The number of primary amides is 1. The van der Waals surface area contributed by atoms with Gasteiger partial charge in [-0.05, 0) is 34.1 Å². The minimum Gasteiger partial charge on any atom is -0.478 e. The zero-order valence-corrected chi connectivity index (χ0v) is 12.4. The smallest absolute Gasteiger partial charge is 0.335 e. The predicted molar refractivity (Wildman–Crippen MR) is 71.5 cm³/mol. The Morgan fingerprint density at radius 2 is 2.00 bits per heavy atom. The van der Waals surface area contributed by atoms with Gasteiger partial charge in [-0.15, -0.1) is 0 Å². The number of halogens is 1. The van der Waals surface area contributed by atoms with Crippen molar-refractivity contribution in [1.82, 2.24) is 0 Å². The lowest BCUT2D eigenvalue weighted by molar-refractivity contribution is -0.120. The van der Waals surface area contributed by atoms with Crippen LogP contribution in [0.15, 0.2) is 27.6 Å². The summed E-state index contributed by atoms with van der Waals surface area (Å²) in [5.74, 6) is -3.28. The molecule has 0 spiro atoms. The maximum atomic E-state index is 12.1. The van der Waals surface area contributed by atoms with E-state index in [0.29, 0.717) is 0 Å². The van der Waals surface area contributed by atoms with Crippen molar-refractivity contribution in [3.05, 3.63) is 28.2 Å². The van der Waals surface area contributed by atoms with Gasteiger partial charge in [0.1, 0.15) is 0 Å². The molecule has 1 amide bonds. The van der Waals surface area contributed by atoms with Gasteiger partial charge in [0.25, 0.3) is 0 Å². The van der Waals surface area contributed by atoms with Crippen molar-refractivity contribution in [2.75, 3.05) is 5.75 Å². The molecule has 0 aliphatic carbocycles. The molecule has 0 aliphatic rings. The number of carbonyl (C=O) groups is 2. The van der Waals surface area contributed by atoms with E-state index in [1.54, 1.807) is 0 Å². The molecule has 104 valence electrons. The van der Waals surface area contributed by atoms with Gasteiger partial charge in [0, 0.05) is 10.4 Å². The first-order valence-electron chi connectivity index (χ1n) is 5.20. The monoisotopic (exact) mass is 349 g/mol. The Morgan fingerprint density at radius 1 is 1.42 bits per heavy atom. The van der Waals surface area contributed by atoms with E-state index in [0.717, 1.165) is 6.07 Å². The summed E-state index contributed by atoms with van der Waals surface area (Å²) in [6.45, 7) is 1.40. The molecular weight excluding hydrogens is 338 g/mol. The van der Waals surface area contributed by atoms with Gasteiger partial charge in [0.2, 0.25) is 5.91 Å².